The molecule has 1 N–H and O–H groups in total. The smallest absolute Gasteiger partial charge is 0.303 e. The fraction of sp³-hybridized carbons (Fsp3) is 0.333. The monoisotopic (exact) mass is 336 g/mol. The standard InChI is InChI=1S/C21H24N2O2/c1-15-13-16(2)22-21-20(15)18(17-9-5-3-6-10-17)14-23(21)12-8-4-7-11-19(24)25/h3,5-6,9-10,13-14H,4,7-8,11-12H2,1-2H3,(H,24,25). The highest BCUT2D eigenvalue weighted by molar-refractivity contribution is 5.96. The summed E-state index contributed by atoms with van der Waals surface area (Å²) in [4.78, 5) is 15.4. The minimum absolute atomic E-state index is 0.248. The van der Waals surface area contributed by atoms with Crippen molar-refractivity contribution >= 4 is 17.0 Å². The number of aromatic nitrogens is 2. The number of unbranched alkanes of at least 4 members (excludes halogenated alkanes) is 2. The lowest BCUT2D eigenvalue weighted by atomic mass is 10.0. The number of fused-ring (bicyclic) bond motifs is 1. The van der Waals surface area contributed by atoms with Crippen LogP contribution in [0.5, 0.6) is 0 Å². The third-order valence-electron chi connectivity index (χ3n) is 4.53. The Morgan fingerprint density at radius 2 is 1.88 bits per heavy atom. The van der Waals surface area contributed by atoms with Crippen LogP contribution in [-0.2, 0) is 11.3 Å². The molecule has 0 saturated carbocycles. The molecular formula is C21H24N2O2. The first-order valence-corrected chi connectivity index (χ1v) is 8.80. The number of aliphatic carboxylic acids is 1. The van der Waals surface area contributed by atoms with Crippen LogP contribution in [0.4, 0.5) is 0 Å². The number of nitrogens with zero attached hydrogens (tertiary/aromatic N) is 2. The van der Waals surface area contributed by atoms with Crippen LogP contribution in [0.1, 0.15) is 36.9 Å². The van der Waals surface area contributed by atoms with Gasteiger partial charge in [0.05, 0.1) is 0 Å². The van der Waals surface area contributed by atoms with Crippen molar-refractivity contribution in [3.05, 3.63) is 53.9 Å². The van der Waals surface area contributed by atoms with Crippen molar-refractivity contribution in [3.8, 4) is 11.1 Å². The molecule has 0 amide bonds. The molecule has 0 spiro atoms. The molecule has 25 heavy (non-hydrogen) atoms. The molecule has 0 bridgehead atoms. The van der Waals surface area contributed by atoms with E-state index in [0.717, 1.165) is 37.1 Å². The van der Waals surface area contributed by atoms with Crippen molar-refractivity contribution < 1.29 is 9.90 Å². The highest BCUT2D eigenvalue weighted by atomic mass is 16.4. The number of hydrogen-bond acceptors (Lipinski definition) is 2. The molecule has 0 aliphatic rings. The number of hydrogen-bond donors (Lipinski definition) is 1. The summed E-state index contributed by atoms with van der Waals surface area (Å²) < 4.78 is 2.22. The van der Waals surface area contributed by atoms with Gasteiger partial charge in [0.1, 0.15) is 5.65 Å². The lowest BCUT2D eigenvalue weighted by Crippen LogP contribution is -2.00. The predicted molar refractivity (Wildman–Crippen MR) is 101 cm³/mol. The maximum Gasteiger partial charge on any atom is 0.303 e. The molecule has 2 aromatic heterocycles. The average Bonchev–Trinajstić information content (AvgIpc) is 2.94. The van der Waals surface area contributed by atoms with E-state index in [4.69, 9.17) is 10.1 Å². The van der Waals surface area contributed by atoms with Gasteiger partial charge in [-0.25, -0.2) is 4.98 Å². The van der Waals surface area contributed by atoms with Gasteiger partial charge in [-0.2, -0.15) is 0 Å². The first-order valence-electron chi connectivity index (χ1n) is 8.80. The molecule has 3 rings (SSSR count). The molecule has 3 aromatic rings. The third-order valence-corrected chi connectivity index (χ3v) is 4.53. The number of pyridine rings is 1. The zero-order valence-electron chi connectivity index (χ0n) is 14.8. The summed E-state index contributed by atoms with van der Waals surface area (Å²) in [5.74, 6) is -0.717. The van der Waals surface area contributed by atoms with E-state index in [-0.39, 0.29) is 6.42 Å². The zero-order chi connectivity index (χ0) is 17.8. The molecule has 4 heteroatoms. The Morgan fingerprint density at radius 1 is 1.12 bits per heavy atom. The predicted octanol–water partition coefficient (Wildman–Crippen LogP) is 4.97. The van der Waals surface area contributed by atoms with Gasteiger partial charge in [-0.3, -0.25) is 4.79 Å². The number of rotatable bonds is 7. The number of carboxylic acid groups (broad SMARTS) is 1. The SMILES string of the molecule is Cc1cc(C)c2c(-c3ccccc3)cn(CCCCCC(=O)O)c2n1. The van der Waals surface area contributed by atoms with Gasteiger partial charge in [0.15, 0.2) is 0 Å². The molecule has 0 radical (unpaired) electrons. The maximum atomic E-state index is 10.6. The van der Waals surface area contributed by atoms with Crippen molar-refractivity contribution in [2.24, 2.45) is 0 Å². The quantitative estimate of drug-likeness (QED) is 0.620. The van der Waals surface area contributed by atoms with E-state index in [1.54, 1.807) is 0 Å². The minimum Gasteiger partial charge on any atom is -0.481 e. The lowest BCUT2D eigenvalue weighted by Gasteiger charge is -2.06. The Balaban J connectivity index is 1.92. The van der Waals surface area contributed by atoms with Gasteiger partial charge in [0, 0.05) is 35.8 Å². The van der Waals surface area contributed by atoms with E-state index in [1.165, 1.54) is 22.1 Å². The second kappa shape index (κ2) is 7.51. The molecule has 2 heterocycles. The minimum atomic E-state index is -0.717. The first-order chi connectivity index (χ1) is 12.1. The molecule has 0 saturated heterocycles. The van der Waals surface area contributed by atoms with Crippen molar-refractivity contribution in [2.75, 3.05) is 0 Å². The second-order valence-electron chi connectivity index (χ2n) is 6.59. The Kier molecular flexibility index (Phi) is 5.17. The van der Waals surface area contributed by atoms with Gasteiger partial charge in [-0.1, -0.05) is 36.8 Å². The van der Waals surface area contributed by atoms with E-state index >= 15 is 0 Å². The van der Waals surface area contributed by atoms with Crippen LogP contribution in [0.3, 0.4) is 0 Å². The second-order valence-corrected chi connectivity index (χ2v) is 6.59. The van der Waals surface area contributed by atoms with Gasteiger partial charge < -0.3 is 9.67 Å². The number of carboxylic acids is 1. The summed E-state index contributed by atoms with van der Waals surface area (Å²) in [6, 6.07) is 12.5. The fourth-order valence-electron chi connectivity index (χ4n) is 3.38. The summed E-state index contributed by atoms with van der Waals surface area (Å²) in [6.45, 7) is 5.03. The average molecular weight is 336 g/mol. The molecule has 4 nitrogen and oxygen atoms in total. The van der Waals surface area contributed by atoms with Crippen LogP contribution < -0.4 is 0 Å². The first kappa shape index (κ1) is 17.2. The number of carbonyl (C=O) groups is 1. The van der Waals surface area contributed by atoms with Gasteiger partial charge >= 0.3 is 5.97 Å². The van der Waals surface area contributed by atoms with Gasteiger partial charge in [-0.15, -0.1) is 0 Å². The van der Waals surface area contributed by atoms with Crippen LogP contribution in [0.25, 0.3) is 22.2 Å². The molecule has 0 aliphatic heterocycles. The molecule has 0 aliphatic carbocycles. The Hall–Kier alpha value is -2.62. The lowest BCUT2D eigenvalue weighted by molar-refractivity contribution is -0.137. The van der Waals surface area contributed by atoms with Gasteiger partial charge in [0.25, 0.3) is 0 Å². The van der Waals surface area contributed by atoms with Crippen molar-refractivity contribution in [3.63, 3.8) is 0 Å². The van der Waals surface area contributed by atoms with E-state index in [0.29, 0.717) is 0 Å². The van der Waals surface area contributed by atoms with E-state index in [1.807, 2.05) is 13.0 Å². The normalized spacial score (nSPS) is 11.1. The Bertz CT molecular complexity index is 882. The summed E-state index contributed by atoms with van der Waals surface area (Å²) in [7, 11) is 0. The van der Waals surface area contributed by atoms with E-state index in [9.17, 15) is 4.79 Å². The maximum absolute atomic E-state index is 10.6. The molecule has 0 unspecified atom stereocenters. The topological polar surface area (TPSA) is 55.1 Å². The van der Waals surface area contributed by atoms with Crippen molar-refractivity contribution in [1.29, 1.82) is 0 Å². The molecule has 1 aromatic carbocycles. The number of aryl methyl sites for hydroxylation is 3. The molecule has 130 valence electrons. The largest absolute Gasteiger partial charge is 0.481 e. The van der Waals surface area contributed by atoms with Gasteiger partial charge in [-0.05, 0) is 43.9 Å². The fourth-order valence-corrected chi connectivity index (χ4v) is 3.38. The van der Waals surface area contributed by atoms with Crippen LogP contribution in [0.15, 0.2) is 42.6 Å². The van der Waals surface area contributed by atoms with E-state index < -0.39 is 5.97 Å². The van der Waals surface area contributed by atoms with Crippen LogP contribution in [0.2, 0.25) is 0 Å². The Morgan fingerprint density at radius 3 is 2.60 bits per heavy atom. The van der Waals surface area contributed by atoms with Gasteiger partial charge in [0.2, 0.25) is 0 Å². The molecular weight excluding hydrogens is 312 g/mol. The summed E-state index contributed by atoms with van der Waals surface area (Å²) >= 11 is 0. The van der Waals surface area contributed by atoms with Crippen LogP contribution >= 0.6 is 0 Å². The molecule has 0 fully saturated rings. The third kappa shape index (κ3) is 3.90. The van der Waals surface area contributed by atoms with Crippen molar-refractivity contribution in [1.82, 2.24) is 9.55 Å². The van der Waals surface area contributed by atoms with Crippen LogP contribution in [0, 0.1) is 13.8 Å². The highest BCUT2D eigenvalue weighted by Gasteiger charge is 2.14. The highest BCUT2D eigenvalue weighted by Crippen LogP contribution is 2.32. The Labute approximate surface area is 148 Å². The summed E-state index contributed by atoms with van der Waals surface area (Å²) in [5, 5.41) is 9.96. The summed E-state index contributed by atoms with van der Waals surface area (Å²) in [5.41, 5.74) is 5.70. The van der Waals surface area contributed by atoms with E-state index in [2.05, 4.69) is 48.0 Å². The summed E-state index contributed by atoms with van der Waals surface area (Å²) in [6.07, 6.45) is 5.04. The van der Waals surface area contributed by atoms with Crippen molar-refractivity contribution in [2.45, 2.75) is 46.1 Å². The number of benzene rings is 1. The molecule has 0 atom stereocenters. The zero-order valence-corrected chi connectivity index (χ0v) is 14.8. The van der Waals surface area contributed by atoms with Crippen LogP contribution in [-0.4, -0.2) is 20.6 Å².